The highest BCUT2D eigenvalue weighted by atomic mass is 79.9. The summed E-state index contributed by atoms with van der Waals surface area (Å²) in [6.07, 6.45) is 0.922. The normalized spacial score (nSPS) is 24.4. The summed E-state index contributed by atoms with van der Waals surface area (Å²) in [5.74, 6) is -0.551. The van der Waals surface area contributed by atoms with Crippen LogP contribution in [0.1, 0.15) is 18.9 Å². The quantitative estimate of drug-likeness (QED) is 0.922. The molecule has 98 valence electrons. The Morgan fingerprint density at radius 1 is 1.61 bits per heavy atom. The van der Waals surface area contributed by atoms with Crippen molar-refractivity contribution in [2.75, 3.05) is 6.54 Å². The number of carboxylic acids is 1. The molecule has 0 saturated carbocycles. The lowest BCUT2D eigenvalue weighted by Gasteiger charge is -2.23. The molecular formula is C13H15BrClNO2. The van der Waals surface area contributed by atoms with Crippen LogP contribution in [0.4, 0.5) is 0 Å². The Bertz CT molecular complexity index is 466. The maximum absolute atomic E-state index is 11.3. The predicted molar refractivity (Wildman–Crippen MR) is 74.8 cm³/mol. The van der Waals surface area contributed by atoms with Crippen LogP contribution in [-0.2, 0) is 11.3 Å². The second kappa shape index (κ2) is 5.59. The molecule has 2 atom stereocenters. The smallest absolute Gasteiger partial charge is 0.321 e. The summed E-state index contributed by atoms with van der Waals surface area (Å²) in [6, 6.07) is 5.31. The van der Waals surface area contributed by atoms with Crippen molar-refractivity contribution in [1.29, 1.82) is 0 Å². The molecule has 1 fully saturated rings. The monoisotopic (exact) mass is 331 g/mol. The third-order valence-corrected chi connectivity index (χ3v) is 4.29. The van der Waals surface area contributed by atoms with E-state index in [4.69, 9.17) is 11.6 Å². The average molecular weight is 333 g/mol. The van der Waals surface area contributed by atoms with Gasteiger partial charge in [0.1, 0.15) is 6.04 Å². The molecule has 2 rings (SSSR count). The van der Waals surface area contributed by atoms with Crippen molar-refractivity contribution in [2.45, 2.75) is 25.9 Å². The van der Waals surface area contributed by atoms with Crippen molar-refractivity contribution in [1.82, 2.24) is 4.90 Å². The number of hydrogen-bond donors (Lipinski definition) is 1. The molecule has 1 heterocycles. The lowest BCUT2D eigenvalue weighted by molar-refractivity contribution is -0.143. The molecule has 1 N–H and O–H groups in total. The summed E-state index contributed by atoms with van der Waals surface area (Å²) in [7, 11) is 0. The average Bonchev–Trinajstić information content (AvgIpc) is 2.64. The Hall–Kier alpha value is -0.580. The van der Waals surface area contributed by atoms with E-state index < -0.39 is 12.0 Å². The molecule has 0 amide bonds. The van der Waals surface area contributed by atoms with Crippen LogP contribution in [0, 0.1) is 5.92 Å². The number of carbonyl (C=O) groups is 1. The Morgan fingerprint density at radius 2 is 2.33 bits per heavy atom. The first kappa shape index (κ1) is 13.8. The van der Waals surface area contributed by atoms with Gasteiger partial charge in [0.15, 0.2) is 0 Å². The predicted octanol–water partition coefficient (Wildman–Crippen LogP) is 3.40. The minimum Gasteiger partial charge on any atom is -0.480 e. The van der Waals surface area contributed by atoms with Gasteiger partial charge in [0.05, 0.1) is 0 Å². The Morgan fingerprint density at radius 3 is 2.94 bits per heavy atom. The highest BCUT2D eigenvalue weighted by molar-refractivity contribution is 9.10. The van der Waals surface area contributed by atoms with E-state index in [1.165, 1.54) is 0 Å². The van der Waals surface area contributed by atoms with Gasteiger partial charge in [0.25, 0.3) is 0 Å². The highest BCUT2D eigenvalue weighted by Gasteiger charge is 2.36. The van der Waals surface area contributed by atoms with Gasteiger partial charge >= 0.3 is 5.97 Å². The summed E-state index contributed by atoms with van der Waals surface area (Å²) in [5, 5.41) is 9.94. The van der Waals surface area contributed by atoms with Gasteiger partial charge in [-0.25, -0.2) is 0 Å². The largest absolute Gasteiger partial charge is 0.480 e. The summed E-state index contributed by atoms with van der Waals surface area (Å²) in [5.41, 5.74) is 0.972. The van der Waals surface area contributed by atoms with Gasteiger partial charge in [-0.3, -0.25) is 9.69 Å². The molecule has 1 aliphatic rings. The van der Waals surface area contributed by atoms with Crippen LogP contribution in [0.25, 0.3) is 0 Å². The molecule has 0 bridgehead atoms. The van der Waals surface area contributed by atoms with Crippen molar-refractivity contribution < 1.29 is 9.90 Å². The minimum atomic E-state index is -0.742. The molecule has 1 aromatic rings. The topological polar surface area (TPSA) is 40.5 Å². The molecule has 18 heavy (non-hydrogen) atoms. The molecular weight excluding hydrogens is 318 g/mol. The fraction of sp³-hybridized carbons (Fsp3) is 0.462. The number of halogens is 2. The Kier molecular flexibility index (Phi) is 4.30. The van der Waals surface area contributed by atoms with E-state index in [0.29, 0.717) is 11.6 Å². The number of likely N-dealkylation sites (tertiary alicyclic amines) is 1. The molecule has 5 heteroatoms. The molecule has 1 aliphatic heterocycles. The number of rotatable bonds is 3. The van der Waals surface area contributed by atoms with Crippen molar-refractivity contribution in [3.8, 4) is 0 Å². The van der Waals surface area contributed by atoms with E-state index >= 15 is 0 Å². The first-order valence-electron chi connectivity index (χ1n) is 5.90. The number of nitrogens with zero attached hydrogens (tertiary/aromatic N) is 1. The van der Waals surface area contributed by atoms with Crippen molar-refractivity contribution in [2.24, 2.45) is 5.92 Å². The summed E-state index contributed by atoms with van der Waals surface area (Å²) < 4.78 is 0.931. The highest BCUT2D eigenvalue weighted by Crippen LogP contribution is 2.29. The van der Waals surface area contributed by atoms with Crippen molar-refractivity contribution >= 4 is 33.5 Å². The van der Waals surface area contributed by atoms with Crippen LogP contribution < -0.4 is 0 Å². The van der Waals surface area contributed by atoms with E-state index in [-0.39, 0.29) is 5.92 Å². The lowest BCUT2D eigenvalue weighted by atomic mass is 10.0. The van der Waals surface area contributed by atoms with Crippen LogP contribution in [0.3, 0.4) is 0 Å². The maximum Gasteiger partial charge on any atom is 0.321 e. The summed E-state index contributed by atoms with van der Waals surface area (Å²) in [4.78, 5) is 13.3. The minimum absolute atomic E-state index is 0.191. The number of carboxylic acid groups (broad SMARTS) is 1. The number of benzene rings is 1. The molecule has 0 radical (unpaired) electrons. The van der Waals surface area contributed by atoms with E-state index in [1.807, 2.05) is 30.0 Å². The van der Waals surface area contributed by atoms with Crippen LogP contribution in [0.5, 0.6) is 0 Å². The summed E-state index contributed by atoms with van der Waals surface area (Å²) in [6.45, 7) is 3.39. The first-order chi connectivity index (χ1) is 8.49. The fourth-order valence-electron chi connectivity index (χ4n) is 2.47. The zero-order valence-electron chi connectivity index (χ0n) is 10.1. The molecule has 1 aromatic carbocycles. The Labute approximate surface area is 120 Å². The molecule has 3 nitrogen and oxygen atoms in total. The maximum atomic E-state index is 11.3. The van der Waals surface area contributed by atoms with Gasteiger partial charge in [-0.05, 0) is 36.6 Å². The SMILES string of the molecule is CC1CCN(Cc2ccc(Br)cc2Cl)C1C(=O)O. The van der Waals surface area contributed by atoms with Crippen molar-refractivity contribution in [3.05, 3.63) is 33.3 Å². The van der Waals surface area contributed by atoms with E-state index in [0.717, 1.165) is 23.0 Å². The van der Waals surface area contributed by atoms with E-state index in [2.05, 4.69) is 15.9 Å². The first-order valence-corrected chi connectivity index (χ1v) is 7.07. The van der Waals surface area contributed by atoms with Crippen molar-refractivity contribution in [3.63, 3.8) is 0 Å². The molecule has 0 aliphatic carbocycles. The van der Waals surface area contributed by atoms with Crippen LogP contribution in [0.15, 0.2) is 22.7 Å². The molecule has 0 spiro atoms. The van der Waals surface area contributed by atoms with Gasteiger partial charge in [0.2, 0.25) is 0 Å². The number of hydrogen-bond acceptors (Lipinski definition) is 2. The summed E-state index contributed by atoms with van der Waals surface area (Å²) >= 11 is 9.53. The van der Waals surface area contributed by atoms with Gasteiger partial charge in [0, 0.05) is 16.0 Å². The fourth-order valence-corrected chi connectivity index (χ4v) is 3.21. The van der Waals surface area contributed by atoms with Gasteiger partial charge in [-0.1, -0.05) is 40.5 Å². The molecule has 2 unspecified atom stereocenters. The van der Waals surface area contributed by atoms with E-state index in [9.17, 15) is 9.90 Å². The number of aliphatic carboxylic acids is 1. The molecule has 0 aromatic heterocycles. The second-order valence-electron chi connectivity index (χ2n) is 4.76. The van der Waals surface area contributed by atoms with Gasteiger partial charge in [-0.2, -0.15) is 0 Å². The standard InChI is InChI=1S/C13H15BrClNO2/c1-8-4-5-16(12(8)13(17)18)7-9-2-3-10(14)6-11(9)15/h2-3,6,8,12H,4-5,7H2,1H3,(H,17,18). The molecule has 1 saturated heterocycles. The third-order valence-electron chi connectivity index (χ3n) is 3.45. The third kappa shape index (κ3) is 2.87. The lowest BCUT2D eigenvalue weighted by Crippen LogP contribution is -2.38. The van der Waals surface area contributed by atoms with Gasteiger partial charge < -0.3 is 5.11 Å². The van der Waals surface area contributed by atoms with E-state index in [1.54, 1.807) is 0 Å². The second-order valence-corrected chi connectivity index (χ2v) is 6.08. The van der Waals surface area contributed by atoms with Crippen LogP contribution in [0.2, 0.25) is 5.02 Å². The Balaban J connectivity index is 2.16. The van der Waals surface area contributed by atoms with Gasteiger partial charge in [-0.15, -0.1) is 0 Å². The van der Waals surface area contributed by atoms with Crippen LogP contribution >= 0.6 is 27.5 Å². The van der Waals surface area contributed by atoms with Crippen LogP contribution in [-0.4, -0.2) is 28.6 Å². The zero-order chi connectivity index (χ0) is 13.3. The zero-order valence-corrected chi connectivity index (χ0v) is 12.4.